The zero-order valence-corrected chi connectivity index (χ0v) is 24.1. The molecule has 0 aliphatic carbocycles. The van der Waals surface area contributed by atoms with Gasteiger partial charge in [-0.15, -0.1) is 0 Å². The Morgan fingerprint density at radius 2 is 1.71 bits per heavy atom. The maximum Gasteiger partial charge on any atom is 0.244 e. The van der Waals surface area contributed by atoms with E-state index in [9.17, 15) is 18.0 Å². The number of anilines is 1. The number of hydrogen-bond acceptors (Lipinski definition) is 6. The first-order valence-electron chi connectivity index (χ1n) is 12.6. The summed E-state index contributed by atoms with van der Waals surface area (Å²) in [6.45, 7) is 9.16. The van der Waals surface area contributed by atoms with Gasteiger partial charge in [-0.1, -0.05) is 36.7 Å². The number of benzene rings is 2. The molecule has 0 bridgehead atoms. The Bertz CT molecular complexity index is 1260. The van der Waals surface area contributed by atoms with Gasteiger partial charge in [-0.2, -0.15) is 0 Å². The number of halogens is 1. The minimum absolute atomic E-state index is 0.0374. The summed E-state index contributed by atoms with van der Waals surface area (Å²) >= 11 is 6.40. The SMILES string of the molecule is CC[C@@H](C(=O)NC(C)(C)C)N(Cc1ccccc1Cl)C(=O)CN(c1ccc2c(c1)OCCO2)S(=O)(=O)CC. The minimum Gasteiger partial charge on any atom is -0.486 e. The molecule has 208 valence electrons. The minimum atomic E-state index is -3.87. The van der Waals surface area contributed by atoms with Gasteiger partial charge in [0.05, 0.1) is 11.4 Å². The van der Waals surface area contributed by atoms with Crippen LogP contribution in [0.2, 0.25) is 5.02 Å². The van der Waals surface area contributed by atoms with Gasteiger partial charge in [0, 0.05) is 23.2 Å². The first kappa shape index (κ1) is 29.6. The van der Waals surface area contributed by atoms with E-state index < -0.39 is 34.1 Å². The Morgan fingerprint density at radius 1 is 1.05 bits per heavy atom. The number of carbonyl (C=O) groups is 2. The Kier molecular flexibility index (Phi) is 9.54. The second-order valence-corrected chi connectivity index (χ2v) is 12.6. The van der Waals surface area contributed by atoms with E-state index in [-0.39, 0.29) is 23.9 Å². The van der Waals surface area contributed by atoms with Crippen molar-refractivity contribution in [3.05, 3.63) is 53.1 Å². The lowest BCUT2D eigenvalue weighted by molar-refractivity contribution is -0.141. The van der Waals surface area contributed by atoms with Crippen LogP contribution in [0.3, 0.4) is 0 Å². The molecule has 9 nitrogen and oxygen atoms in total. The summed E-state index contributed by atoms with van der Waals surface area (Å²) in [4.78, 5) is 28.6. The first-order chi connectivity index (χ1) is 17.9. The molecule has 1 aliphatic heterocycles. The summed E-state index contributed by atoms with van der Waals surface area (Å²) in [6.07, 6.45) is 0.322. The highest BCUT2D eigenvalue weighted by molar-refractivity contribution is 7.92. The van der Waals surface area contributed by atoms with Crippen molar-refractivity contribution >= 4 is 39.1 Å². The van der Waals surface area contributed by atoms with Crippen LogP contribution >= 0.6 is 11.6 Å². The molecule has 0 saturated heterocycles. The fraction of sp³-hybridized carbons (Fsp3) is 0.481. The van der Waals surface area contributed by atoms with Crippen LogP contribution in [0.25, 0.3) is 0 Å². The molecule has 2 aromatic rings. The van der Waals surface area contributed by atoms with Gasteiger partial charge in [-0.05, 0) is 57.9 Å². The standard InChI is InChI=1S/C27H36ClN3O6S/c1-6-22(26(33)29-27(3,4)5)30(17-19-10-8-9-11-21(19)28)25(32)18-31(38(34,35)7-2)20-12-13-23-24(16-20)37-15-14-36-23/h8-13,16,22H,6-7,14-15,17-18H2,1-5H3,(H,29,33)/t22-/m0/s1. The van der Waals surface area contributed by atoms with Crippen LogP contribution in [-0.2, 0) is 26.2 Å². The lowest BCUT2D eigenvalue weighted by Crippen LogP contribution is -2.55. The van der Waals surface area contributed by atoms with Crippen LogP contribution in [0.4, 0.5) is 5.69 Å². The molecule has 0 fully saturated rings. The molecule has 1 aliphatic rings. The van der Waals surface area contributed by atoms with Crippen LogP contribution in [0.5, 0.6) is 11.5 Å². The highest BCUT2D eigenvalue weighted by atomic mass is 35.5. The Labute approximate surface area is 230 Å². The molecule has 0 spiro atoms. The fourth-order valence-corrected chi connectivity index (χ4v) is 5.34. The van der Waals surface area contributed by atoms with Crippen LogP contribution < -0.4 is 19.1 Å². The monoisotopic (exact) mass is 565 g/mol. The molecular formula is C27H36ClN3O6S. The summed E-state index contributed by atoms with van der Waals surface area (Å²) in [5, 5.41) is 3.38. The third-order valence-corrected chi connectivity index (χ3v) is 8.09. The third kappa shape index (κ3) is 7.32. The predicted molar refractivity (Wildman–Crippen MR) is 148 cm³/mol. The van der Waals surface area contributed by atoms with Gasteiger partial charge < -0.3 is 19.7 Å². The quantitative estimate of drug-likeness (QED) is 0.467. The molecule has 0 unspecified atom stereocenters. The average molecular weight is 566 g/mol. The Hall–Kier alpha value is -2.98. The number of nitrogens with one attached hydrogen (secondary N) is 1. The maximum atomic E-state index is 13.9. The van der Waals surface area contributed by atoms with Crippen molar-refractivity contribution in [2.45, 2.75) is 59.2 Å². The molecule has 1 heterocycles. The predicted octanol–water partition coefficient (Wildman–Crippen LogP) is 3.99. The molecule has 0 radical (unpaired) electrons. The van der Waals surface area contributed by atoms with Gasteiger partial charge in [-0.25, -0.2) is 8.42 Å². The Morgan fingerprint density at radius 3 is 2.32 bits per heavy atom. The van der Waals surface area contributed by atoms with Crippen LogP contribution in [0.15, 0.2) is 42.5 Å². The Balaban J connectivity index is 2.01. The van der Waals surface area contributed by atoms with Crippen LogP contribution in [-0.4, -0.2) is 62.2 Å². The number of sulfonamides is 1. The normalized spacial score (nSPS) is 13.9. The molecule has 1 atom stereocenters. The zero-order chi connectivity index (χ0) is 28.1. The summed E-state index contributed by atoms with van der Waals surface area (Å²) in [7, 11) is -3.87. The molecule has 2 aromatic carbocycles. The highest BCUT2D eigenvalue weighted by Gasteiger charge is 2.34. The molecule has 38 heavy (non-hydrogen) atoms. The van der Waals surface area contributed by atoms with Gasteiger partial charge in [0.15, 0.2) is 11.5 Å². The van der Waals surface area contributed by atoms with Crippen molar-refractivity contribution in [2.24, 2.45) is 0 Å². The number of ether oxygens (including phenoxy) is 2. The fourth-order valence-electron chi connectivity index (χ4n) is 4.09. The summed E-state index contributed by atoms with van der Waals surface area (Å²) in [6, 6.07) is 11.0. The molecule has 11 heteroatoms. The zero-order valence-electron chi connectivity index (χ0n) is 22.5. The van der Waals surface area contributed by atoms with Crippen molar-refractivity contribution in [1.29, 1.82) is 0 Å². The first-order valence-corrected chi connectivity index (χ1v) is 14.6. The average Bonchev–Trinajstić information content (AvgIpc) is 2.86. The van der Waals surface area contributed by atoms with Crippen molar-refractivity contribution in [3.8, 4) is 11.5 Å². The summed E-state index contributed by atoms with van der Waals surface area (Å²) in [5.41, 5.74) is 0.398. The smallest absolute Gasteiger partial charge is 0.244 e. The molecule has 3 rings (SSSR count). The van der Waals surface area contributed by atoms with Crippen LogP contribution in [0.1, 0.15) is 46.6 Å². The van der Waals surface area contributed by atoms with E-state index in [0.29, 0.717) is 41.7 Å². The van der Waals surface area contributed by atoms with E-state index in [2.05, 4.69) is 5.32 Å². The number of amides is 2. The van der Waals surface area contributed by atoms with Crippen molar-refractivity contribution in [2.75, 3.05) is 29.8 Å². The van der Waals surface area contributed by atoms with E-state index in [0.717, 1.165) is 4.31 Å². The highest BCUT2D eigenvalue weighted by Crippen LogP contribution is 2.35. The number of fused-ring (bicyclic) bond motifs is 1. The molecule has 0 saturated carbocycles. The lowest BCUT2D eigenvalue weighted by atomic mass is 10.1. The number of hydrogen-bond donors (Lipinski definition) is 1. The largest absolute Gasteiger partial charge is 0.486 e. The molecule has 1 N–H and O–H groups in total. The van der Waals surface area contributed by atoms with Gasteiger partial charge in [0.25, 0.3) is 0 Å². The van der Waals surface area contributed by atoms with E-state index >= 15 is 0 Å². The summed E-state index contributed by atoms with van der Waals surface area (Å²) < 4.78 is 38.6. The van der Waals surface area contributed by atoms with E-state index in [1.54, 1.807) is 49.4 Å². The molecular weight excluding hydrogens is 530 g/mol. The van der Waals surface area contributed by atoms with Gasteiger partial charge in [-0.3, -0.25) is 13.9 Å². The van der Waals surface area contributed by atoms with E-state index in [4.69, 9.17) is 21.1 Å². The van der Waals surface area contributed by atoms with Crippen molar-refractivity contribution in [1.82, 2.24) is 10.2 Å². The van der Waals surface area contributed by atoms with Gasteiger partial charge >= 0.3 is 0 Å². The summed E-state index contributed by atoms with van der Waals surface area (Å²) in [5.74, 6) is -0.176. The second-order valence-electron chi connectivity index (χ2n) is 10.0. The van der Waals surface area contributed by atoms with E-state index in [1.165, 1.54) is 11.8 Å². The van der Waals surface area contributed by atoms with Crippen LogP contribution in [0, 0.1) is 0 Å². The number of carbonyl (C=O) groups excluding carboxylic acids is 2. The number of rotatable bonds is 10. The topological polar surface area (TPSA) is 105 Å². The maximum absolute atomic E-state index is 13.9. The molecule has 0 aromatic heterocycles. The number of nitrogens with zero attached hydrogens (tertiary/aromatic N) is 2. The molecule has 2 amide bonds. The third-order valence-electron chi connectivity index (χ3n) is 5.98. The van der Waals surface area contributed by atoms with Crippen molar-refractivity contribution in [3.63, 3.8) is 0 Å². The lowest BCUT2D eigenvalue weighted by Gasteiger charge is -2.35. The van der Waals surface area contributed by atoms with E-state index in [1.807, 2.05) is 20.8 Å². The van der Waals surface area contributed by atoms with Gasteiger partial charge in [0.2, 0.25) is 21.8 Å². The van der Waals surface area contributed by atoms with Gasteiger partial charge in [0.1, 0.15) is 25.8 Å². The van der Waals surface area contributed by atoms with Crippen molar-refractivity contribution < 1.29 is 27.5 Å². The second kappa shape index (κ2) is 12.3.